The first kappa shape index (κ1) is 12.4. The summed E-state index contributed by atoms with van der Waals surface area (Å²) in [6, 6.07) is 0. The van der Waals surface area contributed by atoms with E-state index < -0.39 is 0 Å². The van der Waals surface area contributed by atoms with E-state index in [2.05, 4.69) is 17.6 Å². The maximum absolute atomic E-state index is 12.4. The van der Waals surface area contributed by atoms with Crippen molar-refractivity contribution in [1.82, 2.24) is 10.6 Å². The number of amides is 1. The third-order valence-electron chi connectivity index (χ3n) is 4.97. The van der Waals surface area contributed by atoms with Gasteiger partial charge in [0.05, 0.1) is 12.1 Å². The zero-order chi connectivity index (χ0) is 12.6. The standard InChI is InChI=1S/C14H24N2O2/c1-13(3-2-8-18-10-13)16-12(17)11-9-14(11)4-6-15-7-5-14/h11,15H,2-10H2,1H3,(H,16,17). The largest absolute Gasteiger partial charge is 0.379 e. The highest BCUT2D eigenvalue weighted by Gasteiger charge is 2.58. The minimum absolute atomic E-state index is 0.133. The second-order valence-corrected chi connectivity index (χ2v) is 6.58. The second kappa shape index (κ2) is 4.49. The van der Waals surface area contributed by atoms with E-state index in [4.69, 9.17) is 4.74 Å². The van der Waals surface area contributed by atoms with Gasteiger partial charge in [-0.2, -0.15) is 0 Å². The fourth-order valence-corrected chi connectivity index (χ4v) is 3.61. The number of hydrogen-bond donors (Lipinski definition) is 2. The molecule has 1 saturated carbocycles. The predicted octanol–water partition coefficient (Wildman–Crippen LogP) is 1.06. The molecule has 2 heterocycles. The zero-order valence-corrected chi connectivity index (χ0v) is 11.3. The molecule has 0 bridgehead atoms. The Hall–Kier alpha value is -0.610. The van der Waals surface area contributed by atoms with Gasteiger partial charge in [-0.25, -0.2) is 0 Å². The summed E-state index contributed by atoms with van der Waals surface area (Å²) < 4.78 is 5.50. The Labute approximate surface area is 109 Å². The molecule has 18 heavy (non-hydrogen) atoms. The van der Waals surface area contributed by atoms with E-state index in [1.807, 2.05) is 0 Å². The maximum Gasteiger partial charge on any atom is 0.224 e. The molecule has 0 aromatic rings. The van der Waals surface area contributed by atoms with E-state index in [0.29, 0.717) is 12.0 Å². The van der Waals surface area contributed by atoms with E-state index in [9.17, 15) is 4.79 Å². The first-order valence-electron chi connectivity index (χ1n) is 7.24. The lowest BCUT2D eigenvalue weighted by molar-refractivity contribution is -0.126. The summed E-state index contributed by atoms with van der Waals surface area (Å²) in [6.45, 7) is 5.76. The molecule has 1 aliphatic carbocycles. The molecule has 4 heteroatoms. The van der Waals surface area contributed by atoms with Gasteiger partial charge in [0.1, 0.15) is 0 Å². The summed E-state index contributed by atoms with van der Waals surface area (Å²) >= 11 is 0. The van der Waals surface area contributed by atoms with Crippen molar-refractivity contribution in [2.24, 2.45) is 11.3 Å². The van der Waals surface area contributed by atoms with Crippen molar-refractivity contribution in [1.29, 1.82) is 0 Å². The molecule has 2 aliphatic heterocycles. The van der Waals surface area contributed by atoms with Gasteiger partial charge in [0.25, 0.3) is 0 Å². The van der Waals surface area contributed by atoms with E-state index in [0.717, 1.165) is 51.8 Å². The monoisotopic (exact) mass is 252 g/mol. The van der Waals surface area contributed by atoms with Crippen molar-refractivity contribution in [3.05, 3.63) is 0 Å². The molecule has 3 aliphatic rings. The number of ether oxygens (including phenoxy) is 1. The number of piperidine rings is 1. The molecule has 1 amide bonds. The Morgan fingerprint density at radius 2 is 2.11 bits per heavy atom. The van der Waals surface area contributed by atoms with E-state index in [1.54, 1.807) is 0 Å². The lowest BCUT2D eigenvalue weighted by Crippen LogP contribution is -2.52. The molecular weight excluding hydrogens is 228 g/mol. The molecule has 4 nitrogen and oxygen atoms in total. The number of nitrogens with one attached hydrogen (secondary N) is 2. The summed E-state index contributed by atoms with van der Waals surface area (Å²) in [5.74, 6) is 0.531. The van der Waals surface area contributed by atoms with Gasteiger partial charge in [-0.1, -0.05) is 0 Å². The topological polar surface area (TPSA) is 50.4 Å². The molecule has 2 unspecified atom stereocenters. The fraction of sp³-hybridized carbons (Fsp3) is 0.929. The van der Waals surface area contributed by atoms with Crippen molar-refractivity contribution in [2.75, 3.05) is 26.3 Å². The Balaban J connectivity index is 1.56. The van der Waals surface area contributed by atoms with Crippen LogP contribution < -0.4 is 10.6 Å². The Kier molecular flexibility index (Phi) is 3.10. The third kappa shape index (κ3) is 2.28. The van der Waals surface area contributed by atoms with Crippen LogP contribution in [0.1, 0.15) is 39.0 Å². The van der Waals surface area contributed by atoms with E-state index in [-0.39, 0.29) is 17.4 Å². The van der Waals surface area contributed by atoms with Crippen LogP contribution in [-0.2, 0) is 9.53 Å². The molecule has 2 saturated heterocycles. The number of hydrogen-bond acceptors (Lipinski definition) is 3. The van der Waals surface area contributed by atoms with Crippen molar-refractivity contribution in [3.8, 4) is 0 Å². The summed E-state index contributed by atoms with van der Waals surface area (Å²) in [5.41, 5.74) is 0.202. The van der Waals surface area contributed by atoms with Crippen LogP contribution in [0.2, 0.25) is 0 Å². The van der Waals surface area contributed by atoms with Crippen LogP contribution >= 0.6 is 0 Å². The van der Waals surface area contributed by atoms with Gasteiger partial charge in [-0.3, -0.25) is 4.79 Å². The SMILES string of the molecule is CC1(NC(=O)C2CC23CCNCC3)CCCOC1. The molecule has 2 atom stereocenters. The first-order chi connectivity index (χ1) is 8.64. The summed E-state index contributed by atoms with van der Waals surface area (Å²) in [4.78, 5) is 12.4. The van der Waals surface area contributed by atoms with Crippen molar-refractivity contribution < 1.29 is 9.53 Å². The van der Waals surface area contributed by atoms with Gasteiger partial charge in [-0.05, 0) is 57.5 Å². The lowest BCUT2D eigenvalue weighted by atomic mass is 9.90. The second-order valence-electron chi connectivity index (χ2n) is 6.58. The molecule has 3 fully saturated rings. The van der Waals surface area contributed by atoms with Gasteiger partial charge in [0.15, 0.2) is 0 Å². The van der Waals surface area contributed by atoms with Crippen molar-refractivity contribution in [3.63, 3.8) is 0 Å². The molecule has 0 aromatic heterocycles. The van der Waals surface area contributed by atoms with Gasteiger partial charge >= 0.3 is 0 Å². The highest BCUT2D eigenvalue weighted by Crippen LogP contribution is 2.58. The highest BCUT2D eigenvalue weighted by molar-refractivity contribution is 5.83. The quantitative estimate of drug-likeness (QED) is 0.772. The van der Waals surface area contributed by atoms with Crippen LogP contribution in [0, 0.1) is 11.3 Å². The average Bonchev–Trinajstić information content (AvgIpc) is 3.04. The molecule has 2 N–H and O–H groups in total. The van der Waals surface area contributed by atoms with Gasteiger partial charge in [0.2, 0.25) is 5.91 Å². The average molecular weight is 252 g/mol. The van der Waals surface area contributed by atoms with Crippen LogP contribution in [0.15, 0.2) is 0 Å². The number of carbonyl (C=O) groups is 1. The van der Waals surface area contributed by atoms with Crippen LogP contribution in [0.4, 0.5) is 0 Å². The first-order valence-corrected chi connectivity index (χ1v) is 7.24. The Morgan fingerprint density at radius 3 is 2.78 bits per heavy atom. The summed E-state index contributed by atoms with van der Waals surface area (Å²) in [7, 11) is 0. The zero-order valence-electron chi connectivity index (χ0n) is 11.3. The Morgan fingerprint density at radius 1 is 1.33 bits per heavy atom. The lowest BCUT2D eigenvalue weighted by Gasteiger charge is -2.35. The number of carbonyl (C=O) groups excluding carboxylic acids is 1. The van der Waals surface area contributed by atoms with Gasteiger partial charge in [-0.15, -0.1) is 0 Å². The maximum atomic E-state index is 12.4. The van der Waals surface area contributed by atoms with Gasteiger partial charge in [0, 0.05) is 12.5 Å². The fourth-order valence-electron chi connectivity index (χ4n) is 3.61. The third-order valence-corrected chi connectivity index (χ3v) is 4.97. The molecule has 102 valence electrons. The van der Waals surface area contributed by atoms with Crippen LogP contribution in [-0.4, -0.2) is 37.7 Å². The van der Waals surface area contributed by atoms with Gasteiger partial charge < -0.3 is 15.4 Å². The number of rotatable bonds is 2. The van der Waals surface area contributed by atoms with Crippen LogP contribution in [0.25, 0.3) is 0 Å². The van der Waals surface area contributed by atoms with Crippen molar-refractivity contribution in [2.45, 2.75) is 44.6 Å². The minimum atomic E-state index is -0.133. The molecule has 3 rings (SSSR count). The van der Waals surface area contributed by atoms with Crippen LogP contribution in [0.3, 0.4) is 0 Å². The van der Waals surface area contributed by atoms with Crippen molar-refractivity contribution >= 4 is 5.91 Å². The van der Waals surface area contributed by atoms with E-state index in [1.165, 1.54) is 0 Å². The predicted molar refractivity (Wildman–Crippen MR) is 69.2 cm³/mol. The van der Waals surface area contributed by atoms with E-state index >= 15 is 0 Å². The minimum Gasteiger partial charge on any atom is -0.379 e. The molecule has 0 radical (unpaired) electrons. The summed E-state index contributed by atoms with van der Waals surface area (Å²) in [5, 5.41) is 6.62. The molecule has 0 aromatic carbocycles. The molecule has 1 spiro atoms. The highest BCUT2D eigenvalue weighted by atomic mass is 16.5. The smallest absolute Gasteiger partial charge is 0.224 e. The molecular formula is C14H24N2O2. The van der Waals surface area contributed by atoms with Crippen LogP contribution in [0.5, 0.6) is 0 Å². The Bertz CT molecular complexity index is 331. The summed E-state index contributed by atoms with van der Waals surface area (Å²) in [6.07, 6.45) is 5.52. The normalized spacial score (nSPS) is 38.4.